The largest absolute Gasteiger partial charge is 0.416 e. The van der Waals surface area contributed by atoms with Gasteiger partial charge in [0.05, 0.1) is 5.56 Å². The summed E-state index contributed by atoms with van der Waals surface area (Å²) in [5, 5.41) is 3.23. The summed E-state index contributed by atoms with van der Waals surface area (Å²) in [6.07, 6.45) is -2.57. The van der Waals surface area contributed by atoms with Gasteiger partial charge in [0.25, 0.3) is 0 Å². The SMILES string of the molecule is FC(F)(F)c1ccc(NC2CCOCC2)c(Br)c1. The molecule has 0 bridgehead atoms. The van der Waals surface area contributed by atoms with Crippen LogP contribution in [0, 0.1) is 0 Å². The lowest BCUT2D eigenvalue weighted by Gasteiger charge is -2.25. The van der Waals surface area contributed by atoms with Gasteiger partial charge in [-0.1, -0.05) is 0 Å². The molecule has 2 nitrogen and oxygen atoms in total. The summed E-state index contributed by atoms with van der Waals surface area (Å²) in [4.78, 5) is 0. The van der Waals surface area contributed by atoms with Crippen molar-refractivity contribution in [1.29, 1.82) is 0 Å². The molecular weight excluding hydrogens is 311 g/mol. The van der Waals surface area contributed by atoms with Gasteiger partial charge in [-0.3, -0.25) is 0 Å². The Bertz CT molecular complexity index is 416. The van der Waals surface area contributed by atoms with Gasteiger partial charge in [-0.05, 0) is 47.0 Å². The molecule has 0 aromatic heterocycles. The van der Waals surface area contributed by atoms with E-state index >= 15 is 0 Å². The number of anilines is 1. The fraction of sp³-hybridized carbons (Fsp3) is 0.500. The smallest absolute Gasteiger partial charge is 0.381 e. The zero-order valence-electron chi connectivity index (χ0n) is 9.56. The van der Waals surface area contributed by atoms with Crippen molar-refractivity contribution in [3.05, 3.63) is 28.2 Å². The van der Waals surface area contributed by atoms with Crippen LogP contribution in [0.15, 0.2) is 22.7 Å². The Morgan fingerprint density at radius 3 is 2.44 bits per heavy atom. The Morgan fingerprint density at radius 2 is 1.89 bits per heavy atom. The van der Waals surface area contributed by atoms with Crippen LogP contribution in [0.2, 0.25) is 0 Å². The zero-order chi connectivity index (χ0) is 13.2. The number of nitrogens with one attached hydrogen (secondary N) is 1. The number of halogens is 4. The Hall–Kier alpha value is -0.750. The minimum absolute atomic E-state index is 0.256. The average Bonchev–Trinajstić information content (AvgIpc) is 2.32. The lowest BCUT2D eigenvalue weighted by molar-refractivity contribution is -0.137. The fourth-order valence-electron chi connectivity index (χ4n) is 1.87. The number of benzene rings is 1. The van der Waals surface area contributed by atoms with Crippen LogP contribution >= 0.6 is 15.9 Å². The molecule has 1 fully saturated rings. The maximum absolute atomic E-state index is 12.5. The molecule has 18 heavy (non-hydrogen) atoms. The second-order valence-corrected chi connectivity index (χ2v) is 5.08. The summed E-state index contributed by atoms with van der Waals surface area (Å²) in [6, 6.07) is 3.91. The van der Waals surface area contributed by atoms with Crippen molar-refractivity contribution in [2.75, 3.05) is 18.5 Å². The first-order chi connectivity index (χ1) is 8.47. The van der Waals surface area contributed by atoms with Gasteiger partial charge in [0.1, 0.15) is 0 Å². The van der Waals surface area contributed by atoms with E-state index in [1.807, 2.05) is 0 Å². The van der Waals surface area contributed by atoms with Crippen LogP contribution in [0.1, 0.15) is 18.4 Å². The van der Waals surface area contributed by atoms with Crippen molar-refractivity contribution < 1.29 is 17.9 Å². The number of rotatable bonds is 2. The van der Waals surface area contributed by atoms with Gasteiger partial charge in [0.15, 0.2) is 0 Å². The summed E-state index contributed by atoms with van der Waals surface area (Å²) in [5.74, 6) is 0. The first-order valence-corrected chi connectivity index (χ1v) is 6.47. The fourth-order valence-corrected chi connectivity index (χ4v) is 2.36. The van der Waals surface area contributed by atoms with Crippen LogP contribution in [0.3, 0.4) is 0 Å². The number of hydrogen-bond acceptors (Lipinski definition) is 2. The highest BCUT2D eigenvalue weighted by Gasteiger charge is 2.30. The molecule has 1 aliphatic rings. The predicted octanol–water partition coefficient (Wildman–Crippen LogP) is 4.06. The normalized spacial score (nSPS) is 17.8. The molecule has 1 N–H and O–H groups in total. The molecule has 0 saturated carbocycles. The quantitative estimate of drug-likeness (QED) is 0.886. The molecule has 1 aliphatic heterocycles. The van der Waals surface area contributed by atoms with Gasteiger partial charge in [-0.15, -0.1) is 0 Å². The highest BCUT2D eigenvalue weighted by atomic mass is 79.9. The number of hydrogen-bond donors (Lipinski definition) is 1. The zero-order valence-corrected chi connectivity index (χ0v) is 11.1. The number of alkyl halides is 3. The van der Waals surface area contributed by atoms with Gasteiger partial charge < -0.3 is 10.1 Å². The van der Waals surface area contributed by atoms with Gasteiger partial charge in [0.2, 0.25) is 0 Å². The van der Waals surface area contributed by atoms with Crippen molar-refractivity contribution in [3.63, 3.8) is 0 Å². The second-order valence-electron chi connectivity index (χ2n) is 4.22. The highest BCUT2D eigenvalue weighted by molar-refractivity contribution is 9.10. The Labute approximate surface area is 112 Å². The van der Waals surface area contributed by atoms with Crippen LogP contribution in [-0.2, 0) is 10.9 Å². The topological polar surface area (TPSA) is 21.3 Å². The Morgan fingerprint density at radius 1 is 1.22 bits per heavy atom. The van der Waals surface area contributed by atoms with Crippen molar-refractivity contribution >= 4 is 21.6 Å². The van der Waals surface area contributed by atoms with Crippen molar-refractivity contribution in [2.24, 2.45) is 0 Å². The summed E-state index contributed by atoms with van der Waals surface area (Å²) >= 11 is 3.17. The molecule has 0 atom stereocenters. The van der Waals surface area contributed by atoms with Crippen LogP contribution < -0.4 is 5.32 Å². The first kappa shape index (κ1) is 13.7. The molecule has 1 heterocycles. The van der Waals surface area contributed by atoms with E-state index in [-0.39, 0.29) is 6.04 Å². The minimum Gasteiger partial charge on any atom is -0.381 e. The molecule has 0 radical (unpaired) electrons. The van der Waals surface area contributed by atoms with Crippen molar-refractivity contribution in [1.82, 2.24) is 0 Å². The third-order valence-corrected chi connectivity index (χ3v) is 3.53. The van der Waals surface area contributed by atoms with E-state index in [9.17, 15) is 13.2 Å². The maximum atomic E-state index is 12.5. The molecule has 0 spiro atoms. The van der Waals surface area contributed by atoms with Crippen LogP contribution in [0.5, 0.6) is 0 Å². The van der Waals surface area contributed by atoms with Crippen LogP contribution in [-0.4, -0.2) is 19.3 Å². The Balaban J connectivity index is 2.09. The first-order valence-electron chi connectivity index (χ1n) is 5.68. The summed E-state index contributed by atoms with van der Waals surface area (Å²) in [6.45, 7) is 1.38. The lowest BCUT2D eigenvalue weighted by atomic mass is 10.1. The van der Waals surface area contributed by atoms with E-state index in [2.05, 4.69) is 21.2 Å². The van der Waals surface area contributed by atoms with E-state index in [4.69, 9.17) is 4.74 Å². The molecule has 0 aliphatic carbocycles. The van der Waals surface area contributed by atoms with Crippen LogP contribution in [0.4, 0.5) is 18.9 Å². The minimum atomic E-state index is -4.31. The molecule has 1 aromatic rings. The van der Waals surface area contributed by atoms with E-state index in [0.717, 1.165) is 25.0 Å². The van der Waals surface area contributed by atoms with Crippen molar-refractivity contribution in [3.8, 4) is 0 Å². The molecule has 100 valence electrons. The van der Waals surface area contributed by atoms with Gasteiger partial charge in [-0.25, -0.2) is 0 Å². The maximum Gasteiger partial charge on any atom is 0.416 e. The molecular formula is C12H13BrF3NO. The molecule has 6 heteroatoms. The van der Waals surface area contributed by atoms with E-state index in [0.29, 0.717) is 23.4 Å². The molecule has 0 unspecified atom stereocenters. The van der Waals surface area contributed by atoms with Crippen molar-refractivity contribution in [2.45, 2.75) is 25.1 Å². The highest BCUT2D eigenvalue weighted by Crippen LogP contribution is 2.34. The summed E-state index contributed by atoms with van der Waals surface area (Å²) < 4.78 is 43.2. The van der Waals surface area contributed by atoms with E-state index in [1.165, 1.54) is 6.07 Å². The number of ether oxygens (including phenoxy) is 1. The summed E-state index contributed by atoms with van der Waals surface area (Å²) in [7, 11) is 0. The molecule has 0 amide bonds. The Kier molecular flexibility index (Phi) is 4.17. The van der Waals surface area contributed by atoms with Gasteiger partial charge >= 0.3 is 6.18 Å². The van der Waals surface area contributed by atoms with Gasteiger partial charge in [0, 0.05) is 29.4 Å². The molecule has 1 saturated heterocycles. The van der Waals surface area contributed by atoms with Gasteiger partial charge in [-0.2, -0.15) is 13.2 Å². The predicted molar refractivity (Wildman–Crippen MR) is 66.6 cm³/mol. The third kappa shape index (κ3) is 3.38. The van der Waals surface area contributed by atoms with Crippen LogP contribution in [0.25, 0.3) is 0 Å². The summed E-state index contributed by atoms with van der Waals surface area (Å²) in [5.41, 5.74) is 0.0433. The second kappa shape index (κ2) is 5.48. The third-order valence-electron chi connectivity index (χ3n) is 2.88. The monoisotopic (exact) mass is 323 g/mol. The standard InChI is InChI=1S/C12H13BrF3NO/c13-10-7-8(12(14,15)16)1-2-11(10)17-9-3-5-18-6-4-9/h1-2,7,9,17H,3-6H2. The van der Waals surface area contributed by atoms with E-state index < -0.39 is 11.7 Å². The lowest BCUT2D eigenvalue weighted by Crippen LogP contribution is -2.28. The molecule has 1 aromatic carbocycles. The average molecular weight is 324 g/mol. The van der Waals surface area contributed by atoms with E-state index in [1.54, 1.807) is 0 Å². The molecule has 2 rings (SSSR count).